The first-order valence-corrected chi connectivity index (χ1v) is 10.9. The Kier molecular flexibility index (Phi) is 5.35. The lowest BCUT2D eigenvalue weighted by Crippen LogP contribution is -2.35. The van der Waals surface area contributed by atoms with Crippen LogP contribution >= 0.6 is 0 Å². The van der Waals surface area contributed by atoms with Gasteiger partial charge < -0.3 is 0 Å². The van der Waals surface area contributed by atoms with Gasteiger partial charge in [0, 0.05) is 12.6 Å². The molecule has 0 aromatic heterocycles. The van der Waals surface area contributed by atoms with Gasteiger partial charge >= 0.3 is 0 Å². The molecule has 26 heavy (non-hydrogen) atoms. The number of sulfonamides is 1. The van der Waals surface area contributed by atoms with E-state index in [9.17, 15) is 8.42 Å². The van der Waals surface area contributed by atoms with Gasteiger partial charge in [0.25, 0.3) is 0 Å². The maximum Gasteiger partial charge on any atom is 0.211 e. The number of hydrogen-bond donors (Lipinski definition) is 0. The van der Waals surface area contributed by atoms with Gasteiger partial charge in [-0.15, -0.1) is 0 Å². The molecule has 1 saturated heterocycles. The molecule has 0 radical (unpaired) electrons. The van der Waals surface area contributed by atoms with E-state index in [0.29, 0.717) is 6.54 Å². The van der Waals surface area contributed by atoms with Gasteiger partial charge in [-0.25, -0.2) is 8.42 Å². The highest BCUT2D eigenvalue weighted by Gasteiger charge is 2.41. The molecule has 4 heteroatoms. The van der Waals surface area contributed by atoms with Crippen LogP contribution in [0.1, 0.15) is 37.8 Å². The first-order chi connectivity index (χ1) is 12.3. The van der Waals surface area contributed by atoms with Crippen LogP contribution in [0.2, 0.25) is 0 Å². The van der Waals surface area contributed by atoms with E-state index in [0.717, 1.165) is 29.5 Å². The third-order valence-electron chi connectivity index (χ3n) is 4.97. The molecule has 138 valence electrons. The van der Waals surface area contributed by atoms with Crippen molar-refractivity contribution in [2.75, 3.05) is 12.8 Å². The minimum atomic E-state index is -3.20. The Morgan fingerprint density at radius 2 is 1.54 bits per heavy atom. The number of rotatable bonds is 5. The van der Waals surface area contributed by atoms with Gasteiger partial charge in [-0.1, -0.05) is 80.6 Å². The van der Waals surface area contributed by atoms with Crippen molar-refractivity contribution in [3.05, 3.63) is 77.9 Å². The smallest absolute Gasteiger partial charge is 0.211 e. The molecule has 0 N–H and O–H groups in total. The molecule has 1 fully saturated rings. The van der Waals surface area contributed by atoms with E-state index in [2.05, 4.69) is 44.2 Å². The molecule has 1 aliphatic rings. The maximum absolute atomic E-state index is 12.2. The second kappa shape index (κ2) is 7.37. The van der Waals surface area contributed by atoms with Gasteiger partial charge in [-0.3, -0.25) is 0 Å². The summed E-state index contributed by atoms with van der Waals surface area (Å²) in [5.41, 5.74) is 3.48. The Balaban J connectivity index is 1.94. The average Bonchev–Trinajstić information content (AvgIpc) is 2.92. The summed E-state index contributed by atoms with van der Waals surface area (Å²) < 4.78 is 26.1. The van der Waals surface area contributed by atoms with Crippen LogP contribution in [0.25, 0.3) is 5.57 Å². The van der Waals surface area contributed by atoms with Crippen molar-refractivity contribution in [1.29, 1.82) is 0 Å². The van der Waals surface area contributed by atoms with E-state index in [4.69, 9.17) is 0 Å². The molecular weight excluding hydrogens is 342 g/mol. The van der Waals surface area contributed by atoms with Crippen LogP contribution in [-0.4, -0.2) is 31.6 Å². The first-order valence-electron chi connectivity index (χ1n) is 9.04. The monoisotopic (exact) mass is 369 g/mol. The van der Waals surface area contributed by atoms with Crippen molar-refractivity contribution in [1.82, 2.24) is 4.31 Å². The minimum absolute atomic E-state index is 0.0151. The predicted octanol–water partition coefficient (Wildman–Crippen LogP) is 4.57. The van der Waals surface area contributed by atoms with Crippen molar-refractivity contribution in [2.45, 2.75) is 32.7 Å². The molecule has 0 unspecified atom stereocenters. The molecule has 0 spiro atoms. The molecular formula is C22H27NO2S. The lowest BCUT2D eigenvalue weighted by atomic mass is 9.89. The van der Waals surface area contributed by atoms with Gasteiger partial charge in [0.2, 0.25) is 10.0 Å². The molecule has 0 saturated carbocycles. The standard InChI is InChI=1S/C22H27NO2S/c1-22(2)16-20(23(17-22)26(3,24)25)14-15-21(18-10-6-4-7-11-18)19-12-8-5-9-13-19/h4-13,15,20H,14,16-17H2,1-3H3/t20-/m1/s1. The summed E-state index contributed by atoms with van der Waals surface area (Å²) in [4.78, 5) is 0. The zero-order chi connectivity index (χ0) is 18.8. The Hall–Kier alpha value is -1.91. The van der Waals surface area contributed by atoms with Crippen molar-refractivity contribution in [3.8, 4) is 0 Å². The topological polar surface area (TPSA) is 37.4 Å². The summed E-state index contributed by atoms with van der Waals surface area (Å²) in [5, 5.41) is 0. The van der Waals surface area contributed by atoms with Crippen molar-refractivity contribution >= 4 is 15.6 Å². The Bertz CT molecular complexity index is 829. The van der Waals surface area contributed by atoms with Gasteiger partial charge in [0.05, 0.1) is 6.26 Å². The van der Waals surface area contributed by atoms with Crippen LogP contribution in [0.3, 0.4) is 0 Å². The van der Waals surface area contributed by atoms with Crippen LogP contribution in [-0.2, 0) is 10.0 Å². The molecule has 0 bridgehead atoms. The summed E-state index contributed by atoms with van der Waals surface area (Å²) >= 11 is 0. The van der Waals surface area contributed by atoms with Crippen LogP contribution in [0.4, 0.5) is 0 Å². The molecule has 1 aliphatic heterocycles. The van der Waals surface area contributed by atoms with Crippen molar-refractivity contribution in [2.24, 2.45) is 5.41 Å². The van der Waals surface area contributed by atoms with E-state index < -0.39 is 10.0 Å². The van der Waals surface area contributed by atoms with E-state index >= 15 is 0 Å². The molecule has 1 atom stereocenters. The third-order valence-corrected chi connectivity index (χ3v) is 6.25. The molecule has 3 nitrogen and oxygen atoms in total. The van der Waals surface area contributed by atoms with Crippen LogP contribution < -0.4 is 0 Å². The Morgan fingerprint density at radius 1 is 1.04 bits per heavy atom. The average molecular weight is 370 g/mol. The van der Waals surface area contributed by atoms with Gasteiger partial charge in [-0.05, 0) is 35.0 Å². The molecule has 3 rings (SSSR count). The second-order valence-corrected chi connectivity index (χ2v) is 9.85. The normalized spacial score (nSPS) is 20.0. The zero-order valence-corrected chi connectivity index (χ0v) is 16.5. The van der Waals surface area contributed by atoms with E-state index in [1.54, 1.807) is 4.31 Å². The van der Waals surface area contributed by atoms with E-state index in [-0.39, 0.29) is 11.5 Å². The van der Waals surface area contributed by atoms with E-state index in [1.165, 1.54) is 6.26 Å². The highest BCUT2D eigenvalue weighted by Crippen LogP contribution is 2.37. The lowest BCUT2D eigenvalue weighted by Gasteiger charge is -2.21. The summed E-state index contributed by atoms with van der Waals surface area (Å²) in [6, 6.07) is 20.6. The molecule has 0 aliphatic carbocycles. The summed E-state index contributed by atoms with van der Waals surface area (Å²) in [6.45, 7) is 4.88. The summed E-state index contributed by atoms with van der Waals surface area (Å²) in [7, 11) is -3.20. The zero-order valence-electron chi connectivity index (χ0n) is 15.7. The molecule has 2 aromatic carbocycles. The fourth-order valence-electron chi connectivity index (χ4n) is 3.84. The minimum Gasteiger partial charge on any atom is -0.212 e. The first kappa shape index (κ1) is 18.9. The Morgan fingerprint density at radius 3 is 2.00 bits per heavy atom. The van der Waals surface area contributed by atoms with Crippen LogP contribution in [0, 0.1) is 5.41 Å². The quantitative estimate of drug-likeness (QED) is 0.774. The predicted molar refractivity (Wildman–Crippen MR) is 108 cm³/mol. The number of nitrogens with zero attached hydrogens (tertiary/aromatic N) is 1. The summed E-state index contributed by atoms with van der Waals surface area (Å²) in [5.74, 6) is 0. The molecule has 0 amide bonds. The van der Waals surface area contributed by atoms with Gasteiger partial charge in [0.1, 0.15) is 0 Å². The van der Waals surface area contributed by atoms with Crippen LogP contribution in [0.15, 0.2) is 66.7 Å². The van der Waals surface area contributed by atoms with E-state index in [1.807, 2.05) is 36.4 Å². The number of benzene rings is 2. The Labute approximate surface area is 157 Å². The van der Waals surface area contributed by atoms with Gasteiger partial charge in [-0.2, -0.15) is 4.31 Å². The lowest BCUT2D eigenvalue weighted by molar-refractivity contribution is 0.369. The van der Waals surface area contributed by atoms with Crippen molar-refractivity contribution < 1.29 is 8.42 Å². The largest absolute Gasteiger partial charge is 0.212 e. The highest BCUT2D eigenvalue weighted by molar-refractivity contribution is 7.88. The SMILES string of the molecule is CC1(C)C[C@@H](CC=C(c2ccccc2)c2ccccc2)N(S(C)(=O)=O)C1. The fraction of sp³-hybridized carbons (Fsp3) is 0.364. The highest BCUT2D eigenvalue weighted by atomic mass is 32.2. The molecule has 2 aromatic rings. The summed E-state index contributed by atoms with van der Waals surface area (Å²) in [6.07, 6.45) is 5.12. The van der Waals surface area contributed by atoms with Crippen molar-refractivity contribution in [3.63, 3.8) is 0 Å². The molecule has 1 heterocycles. The fourth-order valence-corrected chi connectivity index (χ4v) is 5.12. The maximum atomic E-state index is 12.2. The van der Waals surface area contributed by atoms with Gasteiger partial charge in [0.15, 0.2) is 0 Å². The third kappa shape index (κ3) is 4.43. The van der Waals surface area contributed by atoms with Crippen LogP contribution in [0.5, 0.6) is 0 Å². The number of hydrogen-bond acceptors (Lipinski definition) is 2. The second-order valence-electron chi connectivity index (χ2n) is 7.92.